The van der Waals surface area contributed by atoms with Gasteiger partial charge in [-0.15, -0.1) is 11.8 Å². The number of nitrogens with zero attached hydrogens (tertiary/aromatic N) is 1. The average molecular weight is 338 g/mol. The highest BCUT2D eigenvalue weighted by atomic mass is 32.2. The molecule has 0 spiro atoms. The number of hydrogen-bond acceptors (Lipinski definition) is 3. The van der Waals surface area contributed by atoms with Gasteiger partial charge < -0.3 is 14.6 Å². The Labute approximate surface area is 144 Å². The first-order valence-corrected chi connectivity index (χ1v) is 8.91. The van der Waals surface area contributed by atoms with E-state index < -0.39 is 0 Å². The van der Waals surface area contributed by atoms with Gasteiger partial charge in [0.05, 0.1) is 12.6 Å². The van der Waals surface area contributed by atoms with Gasteiger partial charge in [-0.3, -0.25) is 4.79 Å². The number of carbonyl (C=O) groups excluding carboxylic acids is 1. The van der Waals surface area contributed by atoms with E-state index in [1.54, 1.807) is 7.11 Å². The van der Waals surface area contributed by atoms with Gasteiger partial charge in [-0.25, -0.2) is 0 Å². The Kier molecular flexibility index (Phi) is 3.94. The third kappa shape index (κ3) is 2.55. The molecular formula is C19H18N2O2S. The highest BCUT2D eigenvalue weighted by Gasteiger charge is 2.20. The molecule has 1 aromatic heterocycles. The number of benzene rings is 2. The van der Waals surface area contributed by atoms with E-state index in [1.165, 1.54) is 10.4 Å². The Morgan fingerprint density at radius 1 is 1.25 bits per heavy atom. The van der Waals surface area contributed by atoms with Gasteiger partial charge in [0.2, 0.25) is 0 Å². The summed E-state index contributed by atoms with van der Waals surface area (Å²) >= 11 is 1.85. The summed E-state index contributed by atoms with van der Waals surface area (Å²) in [6.07, 6.45) is 0. The lowest BCUT2D eigenvalue weighted by Crippen LogP contribution is -2.26. The van der Waals surface area contributed by atoms with Crippen molar-refractivity contribution in [1.82, 2.24) is 9.88 Å². The van der Waals surface area contributed by atoms with Crippen LogP contribution < -0.4 is 10.1 Å². The van der Waals surface area contributed by atoms with Gasteiger partial charge in [0.25, 0.3) is 5.91 Å². The standard InChI is InChI=1S/C19H18N2O2S/c1-23-16-7-3-2-5-14(16)12-20-19(22)15-11-13-6-4-8-17-18(13)21(15)9-10-24-17/h2-8,11H,9-10,12H2,1H3,(H,20,22). The van der Waals surface area contributed by atoms with Gasteiger partial charge in [-0.2, -0.15) is 0 Å². The van der Waals surface area contributed by atoms with Crippen molar-refractivity contribution in [3.63, 3.8) is 0 Å². The predicted octanol–water partition coefficient (Wildman–Crippen LogP) is 3.69. The van der Waals surface area contributed by atoms with Crippen molar-refractivity contribution in [3.05, 3.63) is 59.8 Å². The number of aryl methyl sites for hydroxylation is 1. The van der Waals surface area contributed by atoms with Crippen LogP contribution in [0.15, 0.2) is 53.4 Å². The third-order valence-corrected chi connectivity index (χ3v) is 5.35. The van der Waals surface area contributed by atoms with Crippen molar-refractivity contribution in [1.29, 1.82) is 0 Å². The molecule has 4 nitrogen and oxygen atoms in total. The van der Waals surface area contributed by atoms with E-state index in [-0.39, 0.29) is 5.91 Å². The molecule has 0 saturated heterocycles. The van der Waals surface area contributed by atoms with Crippen LogP contribution in [0.2, 0.25) is 0 Å². The summed E-state index contributed by atoms with van der Waals surface area (Å²) < 4.78 is 7.48. The number of methoxy groups -OCH3 is 1. The van der Waals surface area contributed by atoms with Crippen molar-refractivity contribution in [2.24, 2.45) is 0 Å². The number of rotatable bonds is 4. The minimum atomic E-state index is -0.0463. The van der Waals surface area contributed by atoms with Crippen LogP contribution in [0.25, 0.3) is 10.9 Å². The Morgan fingerprint density at radius 3 is 3.00 bits per heavy atom. The van der Waals surface area contributed by atoms with Crippen LogP contribution in [0.5, 0.6) is 5.75 Å². The van der Waals surface area contributed by atoms with Crippen molar-refractivity contribution in [2.75, 3.05) is 12.9 Å². The highest BCUT2D eigenvalue weighted by Crippen LogP contribution is 2.34. The average Bonchev–Trinajstić information content (AvgIpc) is 3.01. The van der Waals surface area contributed by atoms with Crippen molar-refractivity contribution >= 4 is 28.6 Å². The van der Waals surface area contributed by atoms with Crippen LogP contribution in [0, 0.1) is 0 Å². The quantitative estimate of drug-likeness (QED) is 0.789. The fourth-order valence-electron chi connectivity index (χ4n) is 3.19. The summed E-state index contributed by atoms with van der Waals surface area (Å²) in [5.74, 6) is 1.74. The fraction of sp³-hybridized carbons (Fsp3) is 0.211. The molecule has 2 aromatic carbocycles. The number of amides is 1. The van der Waals surface area contributed by atoms with Gasteiger partial charge >= 0.3 is 0 Å². The number of carbonyl (C=O) groups is 1. The van der Waals surface area contributed by atoms with E-state index in [0.717, 1.165) is 34.7 Å². The molecule has 122 valence electrons. The maximum absolute atomic E-state index is 12.7. The van der Waals surface area contributed by atoms with Gasteiger partial charge in [0.1, 0.15) is 11.4 Å². The van der Waals surface area contributed by atoms with Crippen LogP contribution in [0.1, 0.15) is 16.1 Å². The Bertz CT molecular complexity index is 917. The number of nitrogens with one attached hydrogen (secondary N) is 1. The molecule has 0 aliphatic carbocycles. The molecule has 0 unspecified atom stereocenters. The molecular weight excluding hydrogens is 320 g/mol. The Morgan fingerprint density at radius 2 is 2.12 bits per heavy atom. The fourth-order valence-corrected chi connectivity index (χ4v) is 4.22. The number of aromatic nitrogens is 1. The lowest BCUT2D eigenvalue weighted by Gasteiger charge is -2.17. The molecule has 1 N–H and O–H groups in total. The van der Waals surface area contributed by atoms with Crippen molar-refractivity contribution in [2.45, 2.75) is 18.0 Å². The zero-order valence-electron chi connectivity index (χ0n) is 13.4. The first-order chi connectivity index (χ1) is 11.8. The van der Waals surface area contributed by atoms with E-state index in [4.69, 9.17) is 4.74 Å². The van der Waals surface area contributed by atoms with Crippen LogP contribution in [-0.4, -0.2) is 23.3 Å². The monoisotopic (exact) mass is 338 g/mol. The first kappa shape index (κ1) is 15.1. The summed E-state index contributed by atoms with van der Waals surface area (Å²) in [4.78, 5) is 14.0. The molecule has 1 amide bonds. The van der Waals surface area contributed by atoms with Crippen molar-refractivity contribution < 1.29 is 9.53 Å². The number of hydrogen-bond donors (Lipinski definition) is 1. The summed E-state index contributed by atoms with van der Waals surface area (Å²) in [5.41, 5.74) is 2.88. The minimum Gasteiger partial charge on any atom is -0.496 e. The van der Waals surface area contributed by atoms with E-state index in [9.17, 15) is 4.79 Å². The molecule has 0 saturated carbocycles. The zero-order valence-corrected chi connectivity index (χ0v) is 14.2. The summed E-state index contributed by atoms with van der Waals surface area (Å²) in [5, 5.41) is 4.15. The van der Waals surface area contributed by atoms with E-state index in [0.29, 0.717) is 6.54 Å². The maximum atomic E-state index is 12.7. The second kappa shape index (κ2) is 6.24. The molecule has 1 aliphatic heterocycles. The second-order valence-corrected chi connectivity index (χ2v) is 6.85. The Balaban J connectivity index is 1.62. The molecule has 1 aliphatic rings. The molecule has 4 rings (SSSR count). The van der Waals surface area contributed by atoms with Crippen molar-refractivity contribution in [3.8, 4) is 5.75 Å². The first-order valence-electron chi connectivity index (χ1n) is 7.93. The van der Waals surface area contributed by atoms with Gasteiger partial charge in [0, 0.05) is 34.7 Å². The molecule has 0 atom stereocenters. The van der Waals surface area contributed by atoms with Gasteiger partial charge in [-0.1, -0.05) is 30.3 Å². The topological polar surface area (TPSA) is 43.3 Å². The van der Waals surface area contributed by atoms with E-state index in [2.05, 4.69) is 28.1 Å². The SMILES string of the molecule is COc1ccccc1CNC(=O)c1cc2cccc3c2n1CCS3. The summed E-state index contributed by atoms with van der Waals surface area (Å²) in [7, 11) is 1.64. The number of para-hydroxylation sites is 2. The molecule has 0 radical (unpaired) electrons. The molecule has 5 heteroatoms. The van der Waals surface area contributed by atoms with Crippen LogP contribution in [0.3, 0.4) is 0 Å². The Hall–Kier alpha value is -2.40. The maximum Gasteiger partial charge on any atom is 0.268 e. The second-order valence-electron chi connectivity index (χ2n) is 5.72. The minimum absolute atomic E-state index is 0.0463. The van der Waals surface area contributed by atoms with E-state index in [1.807, 2.05) is 42.1 Å². The van der Waals surface area contributed by atoms with Crippen LogP contribution >= 0.6 is 11.8 Å². The normalized spacial score (nSPS) is 13.0. The molecule has 24 heavy (non-hydrogen) atoms. The van der Waals surface area contributed by atoms with Gasteiger partial charge in [-0.05, 0) is 18.2 Å². The molecule has 0 bridgehead atoms. The largest absolute Gasteiger partial charge is 0.496 e. The highest BCUT2D eigenvalue weighted by molar-refractivity contribution is 7.99. The third-order valence-electron chi connectivity index (χ3n) is 4.32. The molecule has 0 fully saturated rings. The number of thioether (sulfide) groups is 1. The molecule has 2 heterocycles. The number of ether oxygens (including phenoxy) is 1. The van der Waals surface area contributed by atoms with Crippen LogP contribution in [0.4, 0.5) is 0 Å². The van der Waals surface area contributed by atoms with E-state index >= 15 is 0 Å². The summed E-state index contributed by atoms with van der Waals surface area (Å²) in [6.45, 7) is 1.31. The zero-order chi connectivity index (χ0) is 16.5. The smallest absolute Gasteiger partial charge is 0.268 e. The van der Waals surface area contributed by atoms with Gasteiger partial charge in [0.15, 0.2) is 0 Å². The molecule has 3 aromatic rings. The lowest BCUT2D eigenvalue weighted by atomic mass is 10.2. The lowest BCUT2D eigenvalue weighted by molar-refractivity contribution is 0.0942. The predicted molar refractivity (Wildman–Crippen MR) is 96.8 cm³/mol. The van der Waals surface area contributed by atoms with Crippen LogP contribution in [-0.2, 0) is 13.1 Å². The summed E-state index contributed by atoms with van der Waals surface area (Å²) in [6, 6.07) is 16.0.